The first-order chi connectivity index (χ1) is 11.4. The number of hydrogen-bond donors (Lipinski definition) is 1. The minimum Gasteiger partial charge on any atom is -0.342 e. The average Bonchev–Trinajstić information content (AvgIpc) is 3.12. The van der Waals surface area contributed by atoms with Gasteiger partial charge in [0.1, 0.15) is 6.04 Å². The molecule has 1 amide bonds. The van der Waals surface area contributed by atoms with Gasteiger partial charge in [-0.15, -0.1) is 0 Å². The van der Waals surface area contributed by atoms with Crippen LogP contribution in [0.3, 0.4) is 0 Å². The monoisotopic (exact) mass is 326 g/mol. The Kier molecular flexibility index (Phi) is 4.05. The van der Waals surface area contributed by atoms with Crippen LogP contribution < -0.4 is 11.0 Å². The molecule has 126 valence electrons. The number of fused-ring (bicyclic) bond motifs is 1. The Labute approximate surface area is 140 Å². The van der Waals surface area contributed by atoms with Gasteiger partial charge in [0.2, 0.25) is 5.91 Å². The van der Waals surface area contributed by atoms with Crippen molar-refractivity contribution in [1.29, 1.82) is 0 Å². The molecular formula is C18H22N4O2. The number of hydrogen-bond acceptors (Lipinski definition) is 2. The topological polar surface area (TPSA) is 61.0 Å². The molecule has 2 aromatic heterocycles. The van der Waals surface area contributed by atoms with Gasteiger partial charge >= 0.3 is 5.69 Å². The molecule has 24 heavy (non-hydrogen) atoms. The summed E-state index contributed by atoms with van der Waals surface area (Å²) < 4.78 is 5.09. The quantitative estimate of drug-likeness (QED) is 0.801. The van der Waals surface area contributed by atoms with E-state index in [9.17, 15) is 9.59 Å². The van der Waals surface area contributed by atoms with Crippen LogP contribution in [0.25, 0.3) is 11.0 Å². The summed E-state index contributed by atoms with van der Waals surface area (Å²) in [6.07, 6.45) is 3.79. The summed E-state index contributed by atoms with van der Waals surface area (Å²) in [6, 6.07) is 9.05. The predicted octanol–water partition coefficient (Wildman–Crippen LogP) is 2.51. The fourth-order valence-electron chi connectivity index (χ4n) is 3.12. The van der Waals surface area contributed by atoms with Gasteiger partial charge in [0.05, 0.1) is 11.0 Å². The lowest BCUT2D eigenvalue weighted by Gasteiger charge is -2.22. The van der Waals surface area contributed by atoms with Crippen LogP contribution in [0.1, 0.15) is 19.9 Å². The van der Waals surface area contributed by atoms with Crippen LogP contribution in [0.4, 0.5) is 5.69 Å². The van der Waals surface area contributed by atoms with Crippen molar-refractivity contribution >= 4 is 22.6 Å². The fraction of sp³-hybridized carbons (Fsp3) is 0.333. The molecule has 0 saturated carbocycles. The number of carbonyl (C=O) groups excluding carboxylic acids is 1. The van der Waals surface area contributed by atoms with E-state index in [-0.39, 0.29) is 23.6 Å². The second-order valence-electron chi connectivity index (χ2n) is 6.41. The molecule has 0 radical (unpaired) electrons. The standard InChI is InChI=1S/C18H22N4O2/c1-12(2)16(22-9-5-6-10-22)17(23)19-13-7-8-14-15(11-13)21(4)18(24)20(14)3/h5-12,16H,1-4H3,(H,19,23)/t16-/m1/s1. The van der Waals surface area contributed by atoms with E-state index >= 15 is 0 Å². The van der Waals surface area contributed by atoms with Crippen molar-refractivity contribution in [3.8, 4) is 0 Å². The molecule has 0 spiro atoms. The maximum Gasteiger partial charge on any atom is 0.328 e. The van der Waals surface area contributed by atoms with E-state index in [0.29, 0.717) is 5.69 Å². The van der Waals surface area contributed by atoms with Crippen molar-refractivity contribution < 1.29 is 4.79 Å². The van der Waals surface area contributed by atoms with E-state index in [0.717, 1.165) is 11.0 Å². The van der Waals surface area contributed by atoms with Gasteiger partial charge in [0.25, 0.3) is 0 Å². The summed E-state index contributed by atoms with van der Waals surface area (Å²) in [5.74, 6) is 0.0868. The number of amides is 1. The molecule has 6 nitrogen and oxygen atoms in total. The number of benzene rings is 1. The molecule has 1 N–H and O–H groups in total. The molecule has 0 aliphatic carbocycles. The highest BCUT2D eigenvalue weighted by atomic mass is 16.2. The summed E-state index contributed by atoms with van der Waals surface area (Å²) in [4.78, 5) is 24.7. The van der Waals surface area contributed by atoms with Crippen molar-refractivity contribution in [3.05, 3.63) is 53.2 Å². The Morgan fingerprint density at radius 1 is 1.04 bits per heavy atom. The van der Waals surface area contributed by atoms with Crippen LogP contribution >= 0.6 is 0 Å². The maximum absolute atomic E-state index is 12.7. The van der Waals surface area contributed by atoms with Crippen LogP contribution in [-0.4, -0.2) is 19.6 Å². The molecule has 0 aliphatic rings. The summed E-state index contributed by atoms with van der Waals surface area (Å²) in [5.41, 5.74) is 2.24. The zero-order valence-corrected chi connectivity index (χ0v) is 14.4. The Bertz CT molecular complexity index is 932. The van der Waals surface area contributed by atoms with Gasteiger partial charge in [-0.1, -0.05) is 13.8 Å². The van der Waals surface area contributed by atoms with E-state index in [1.165, 1.54) is 0 Å². The molecule has 2 heterocycles. The van der Waals surface area contributed by atoms with Crippen molar-refractivity contribution in [2.45, 2.75) is 19.9 Å². The van der Waals surface area contributed by atoms with Gasteiger partial charge in [0.15, 0.2) is 0 Å². The Morgan fingerprint density at radius 3 is 2.29 bits per heavy atom. The highest BCUT2D eigenvalue weighted by Crippen LogP contribution is 2.22. The highest BCUT2D eigenvalue weighted by Gasteiger charge is 2.23. The van der Waals surface area contributed by atoms with Gasteiger partial charge in [-0.2, -0.15) is 0 Å². The van der Waals surface area contributed by atoms with Gasteiger partial charge in [-0.25, -0.2) is 4.79 Å². The zero-order chi connectivity index (χ0) is 17.4. The largest absolute Gasteiger partial charge is 0.342 e. The van der Waals surface area contributed by atoms with Gasteiger partial charge in [-0.05, 0) is 36.2 Å². The molecular weight excluding hydrogens is 304 g/mol. The molecule has 3 rings (SSSR count). The van der Waals surface area contributed by atoms with E-state index in [2.05, 4.69) is 5.32 Å². The van der Waals surface area contributed by atoms with E-state index < -0.39 is 0 Å². The first-order valence-electron chi connectivity index (χ1n) is 7.99. The summed E-state index contributed by atoms with van der Waals surface area (Å²) in [6.45, 7) is 4.04. The summed E-state index contributed by atoms with van der Waals surface area (Å²) >= 11 is 0. The second kappa shape index (κ2) is 6.03. The SMILES string of the molecule is CC(C)[C@H](C(=O)Nc1ccc2c(c1)n(C)c(=O)n2C)n1cccc1. The van der Waals surface area contributed by atoms with Crippen LogP contribution in [0, 0.1) is 5.92 Å². The third kappa shape index (κ3) is 2.64. The number of imidazole rings is 1. The lowest BCUT2D eigenvalue weighted by Crippen LogP contribution is -2.29. The Hall–Kier alpha value is -2.76. The van der Waals surface area contributed by atoms with Crippen LogP contribution in [0.2, 0.25) is 0 Å². The van der Waals surface area contributed by atoms with Crippen molar-refractivity contribution in [2.24, 2.45) is 20.0 Å². The van der Waals surface area contributed by atoms with E-state index in [4.69, 9.17) is 0 Å². The normalized spacial score (nSPS) is 12.7. The number of anilines is 1. The number of nitrogens with zero attached hydrogens (tertiary/aromatic N) is 3. The molecule has 1 aromatic carbocycles. The number of nitrogens with one attached hydrogen (secondary N) is 1. The molecule has 1 atom stereocenters. The smallest absolute Gasteiger partial charge is 0.328 e. The van der Waals surface area contributed by atoms with E-state index in [1.54, 1.807) is 23.2 Å². The first kappa shape index (κ1) is 16.1. The maximum atomic E-state index is 12.7. The second-order valence-corrected chi connectivity index (χ2v) is 6.41. The molecule has 0 saturated heterocycles. The predicted molar refractivity (Wildman–Crippen MR) is 95.1 cm³/mol. The van der Waals surface area contributed by atoms with Crippen LogP contribution in [-0.2, 0) is 18.9 Å². The summed E-state index contributed by atoms with van der Waals surface area (Å²) in [5, 5.41) is 2.98. The van der Waals surface area contributed by atoms with Gasteiger partial charge < -0.3 is 9.88 Å². The van der Waals surface area contributed by atoms with Crippen molar-refractivity contribution in [1.82, 2.24) is 13.7 Å². The fourth-order valence-corrected chi connectivity index (χ4v) is 3.12. The zero-order valence-electron chi connectivity index (χ0n) is 14.4. The number of rotatable bonds is 4. The average molecular weight is 326 g/mol. The first-order valence-corrected chi connectivity index (χ1v) is 7.99. The molecule has 6 heteroatoms. The lowest BCUT2D eigenvalue weighted by molar-refractivity contribution is -0.120. The highest BCUT2D eigenvalue weighted by molar-refractivity contribution is 5.95. The molecule has 0 aliphatic heterocycles. The van der Waals surface area contributed by atoms with Crippen LogP contribution in [0.5, 0.6) is 0 Å². The number of carbonyl (C=O) groups is 1. The van der Waals surface area contributed by atoms with E-state index in [1.807, 2.05) is 61.1 Å². The Morgan fingerprint density at radius 2 is 1.67 bits per heavy atom. The molecule has 0 bridgehead atoms. The van der Waals surface area contributed by atoms with Crippen LogP contribution in [0.15, 0.2) is 47.5 Å². The minimum atomic E-state index is -0.282. The molecule has 0 unspecified atom stereocenters. The van der Waals surface area contributed by atoms with Gasteiger partial charge in [0, 0.05) is 32.2 Å². The lowest BCUT2D eigenvalue weighted by atomic mass is 10.0. The van der Waals surface area contributed by atoms with Gasteiger partial charge in [-0.3, -0.25) is 13.9 Å². The minimum absolute atomic E-state index is 0.0681. The number of aryl methyl sites for hydroxylation is 2. The Balaban J connectivity index is 1.93. The summed E-state index contributed by atoms with van der Waals surface area (Å²) in [7, 11) is 3.47. The van der Waals surface area contributed by atoms with Crippen molar-refractivity contribution in [3.63, 3.8) is 0 Å². The van der Waals surface area contributed by atoms with Crippen molar-refractivity contribution in [2.75, 3.05) is 5.32 Å². The molecule has 0 fully saturated rings. The molecule has 3 aromatic rings. The number of aromatic nitrogens is 3. The third-order valence-corrected chi connectivity index (χ3v) is 4.39. The third-order valence-electron chi connectivity index (χ3n) is 4.39.